The van der Waals surface area contributed by atoms with Crippen LogP contribution in [0.3, 0.4) is 0 Å². The topological polar surface area (TPSA) is 69.2 Å². The molecule has 2 fully saturated rings. The van der Waals surface area contributed by atoms with Gasteiger partial charge in [0.15, 0.2) is 5.96 Å². The van der Waals surface area contributed by atoms with E-state index in [0.29, 0.717) is 12.5 Å². The molecule has 1 saturated carbocycles. The molecule has 1 heterocycles. The fourth-order valence-corrected chi connectivity index (χ4v) is 4.82. The highest BCUT2D eigenvalue weighted by molar-refractivity contribution is 5.85. The Bertz CT molecular complexity index is 743. The first kappa shape index (κ1) is 22.2. The molecule has 0 spiro atoms. The van der Waals surface area contributed by atoms with Gasteiger partial charge in [-0.05, 0) is 37.3 Å². The van der Waals surface area contributed by atoms with Gasteiger partial charge in [-0.3, -0.25) is 9.79 Å². The maximum atomic E-state index is 12.8. The standard InChI is InChI=1S/C23H37N5O2/c1-24-22(26-17-23(12-7-8-13-23)21(29)27(2)3)25-15-18-11-14-28(16-18)19-9-5-6-10-20(19)30-4/h5-6,9-10,18H,7-8,11-17H2,1-4H3,(H2,24,25,26). The lowest BCUT2D eigenvalue weighted by Gasteiger charge is -2.31. The van der Waals surface area contributed by atoms with Crippen molar-refractivity contribution < 1.29 is 9.53 Å². The van der Waals surface area contributed by atoms with Gasteiger partial charge >= 0.3 is 0 Å². The molecule has 7 nitrogen and oxygen atoms in total. The molecule has 3 rings (SSSR count). The lowest BCUT2D eigenvalue weighted by molar-refractivity contribution is -0.138. The number of methoxy groups -OCH3 is 1. The largest absolute Gasteiger partial charge is 0.495 e. The minimum Gasteiger partial charge on any atom is -0.495 e. The Labute approximate surface area is 180 Å². The minimum atomic E-state index is -0.296. The summed E-state index contributed by atoms with van der Waals surface area (Å²) in [5.41, 5.74) is 0.866. The highest BCUT2D eigenvalue weighted by atomic mass is 16.5. The predicted molar refractivity (Wildman–Crippen MR) is 122 cm³/mol. The maximum Gasteiger partial charge on any atom is 0.230 e. The summed E-state index contributed by atoms with van der Waals surface area (Å²) in [6.07, 6.45) is 5.27. The molecule has 1 aliphatic carbocycles. The van der Waals surface area contributed by atoms with Crippen LogP contribution in [-0.4, -0.2) is 71.2 Å². The van der Waals surface area contributed by atoms with Crippen molar-refractivity contribution in [3.8, 4) is 5.75 Å². The van der Waals surface area contributed by atoms with Gasteiger partial charge in [-0.2, -0.15) is 0 Å². The summed E-state index contributed by atoms with van der Waals surface area (Å²) in [7, 11) is 7.22. The smallest absolute Gasteiger partial charge is 0.230 e. The van der Waals surface area contributed by atoms with E-state index < -0.39 is 0 Å². The van der Waals surface area contributed by atoms with Crippen molar-refractivity contribution in [2.75, 3.05) is 59.3 Å². The summed E-state index contributed by atoms with van der Waals surface area (Å²) in [5, 5.41) is 6.91. The predicted octanol–water partition coefficient (Wildman–Crippen LogP) is 2.34. The number of nitrogens with one attached hydrogen (secondary N) is 2. The number of hydrogen-bond acceptors (Lipinski definition) is 4. The summed E-state index contributed by atoms with van der Waals surface area (Å²) in [5.74, 6) is 2.48. The van der Waals surface area contributed by atoms with Crippen LogP contribution in [0.1, 0.15) is 32.1 Å². The second kappa shape index (κ2) is 10.0. The molecule has 1 aliphatic heterocycles. The van der Waals surface area contributed by atoms with E-state index in [9.17, 15) is 4.79 Å². The summed E-state index contributed by atoms with van der Waals surface area (Å²) < 4.78 is 5.52. The van der Waals surface area contributed by atoms with Gasteiger partial charge in [0.25, 0.3) is 0 Å². The number of aliphatic imine (C=N–C) groups is 1. The SMILES string of the molecule is CN=C(NCC1CCN(c2ccccc2OC)C1)NCC1(C(=O)N(C)C)CCCC1. The van der Waals surface area contributed by atoms with Crippen LogP contribution in [0.25, 0.3) is 0 Å². The Morgan fingerprint density at radius 1 is 1.27 bits per heavy atom. The Morgan fingerprint density at radius 2 is 2.00 bits per heavy atom. The first-order chi connectivity index (χ1) is 14.5. The molecule has 0 radical (unpaired) electrons. The van der Waals surface area contributed by atoms with Crippen molar-refractivity contribution >= 4 is 17.6 Å². The fraction of sp³-hybridized carbons (Fsp3) is 0.652. The number of carbonyl (C=O) groups excluding carboxylic acids is 1. The van der Waals surface area contributed by atoms with Crippen LogP contribution in [0.2, 0.25) is 0 Å². The van der Waals surface area contributed by atoms with Gasteiger partial charge < -0.3 is 25.2 Å². The average molecular weight is 416 g/mol. The first-order valence-corrected chi connectivity index (χ1v) is 11.0. The molecule has 0 aromatic heterocycles. The third kappa shape index (κ3) is 4.99. The molecule has 0 bridgehead atoms. The zero-order valence-electron chi connectivity index (χ0n) is 18.9. The van der Waals surface area contributed by atoms with Crippen LogP contribution in [0.4, 0.5) is 5.69 Å². The Morgan fingerprint density at radius 3 is 2.67 bits per heavy atom. The van der Waals surface area contributed by atoms with Crippen LogP contribution in [0.5, 0.6) is 5.75 Å². The zero-order valence-corrected chi connectivity index (χ0v) is 18.9. The van der Waals surface area contributed by atoms with E-state index in [1.54, 1.807) is 19.1 Å². The fourth-order valence-electron chi connectivity index (χ4n) is 4.82. The number of carbonyl (C=O) groups is 1. The minimum absolute atomic E-state index is 0.228. The quantitative estimate of drug-likeness (QED) is 0.528. The second-order valence-corrected chi connectivity index (χ2v) is 8.77. The van der Waals surface area contributed by atoms with Crippen molar-refractivity contribution in [1.82, 2.24) is 15.5 Å². The molecule has 1 aromatic rings. The number of para-hydroxylation sites is 2. The van der Waals surface area contributed by atoms with Crippen molar-refractivity contribution in [3.63, 3.8) is 0 Å². The molecule has 30 heavy (non-hydrogen) atoms. The Balaban J connectivity index is 1.51. The molecule has 2 aliphatic rings. The van der Waals surface area contributed by atoms with E-state index in [2.05, 4.69) is 32.7 Å². The molecule has 2 N–H and O–H groups in total. The monoisotopic (exact) mass is 415 g/mol. The number of guanidine groups is 1. The third-order valence-electron chi connectivity index (χ3n) is 6.51. The molecule has 1 unspecified atom stereocenters. The van der Waals surface area contributed by atoms with Crippen LogP contribution in [0, 0.1) is 11.3 Å². The highest BCUT2D eigenvalue weighted by Crippen LogP contribution is 2.39. The first-order valence-electron chi connectivity index (χ1n) is 11.0. The lowest BCUT2D eigenvalue weighted by Crippen LogP contribution is -2.49. The molecular weight excluding hydrogens is 378 g/mol. The molecule has 1 aromatic carbocycles. The maximum absolute atomic E-state index is 12.8. The average Bonchev–Trinajstić information content (AvgIpc) is 3.43. The van der Waals surface area contributed by atoms with E-state index in [1.165, 1.54) is 0 Å². The Hall–Kier alpha value is -2.44. The van der Waals surface area contributed by atoms with Crippen LogP contribution >= 0.6 is 0 Å². The van der Waals surface area contributed by atoms with Crippen molar-refractivity contribution in [3.05, 3.63) is 24.3 Å². The van der Waals surface area contributed by atoms with Crippen LogP contribution in [-0.2, 0) is 4.79 Å². The molecular formula is C23H37N5O2. The second-order valence-electron chi connectivity index (χ2n) is 8.77. The van der Waals surface area contributed by atoms with Crippen LogP contribution < -0.4 is 20.3 Å². The number of rotatable bonds is 7. The van der Waals surface area contributed by atoms with Crippen molar-refractivity contribution in [2.24, 2.45) is 16.3 Å². The van der Waals surface area contributed by atoms with Crippen molar-refractivity contribution in [2.45, 2.75) is 32.1 Å². The summed E-state index contributed by atoms with van der Waals surface area (Å²) in [4.78, 5) is 21.3. The number of amides is 1. The molecule has 1 saturated heterocycles. The van der Waals surface area contributed by atoms with E-state index in [-0.39, 0.29) is 11.3 Å². The van der Waals surface area contributed by atoms with E-state index in [0.717, 1.165) is 69.1 Å². The number of anilines is 1. The van der Waals surface area contributed by atoms with Crippen LogP contribution in [0.15, 0.2) is 29.3 Å². The summed E-state index contributed by atoms with van der Waals surface area (Å²) in [6, 6.07) is 8.20. The normalized spacial score (nSPS) is 20.9. The summed E-state index contributed by atoms with van der Waals surface area (Å²) >= 11 is 0. The number of nitrogens with zero attached hydrogens (tertiary/aromatic N) is 3. The highest BCUT2D eigenvalue weighted by Gasteiger charge is 2.42. The lowest BCUT2D eigenvalue weighted by atomic mass is 9.84. The number of benzene rings is 1. The van der Waals surface area contributed by atoms with Gasteiger partial charge in [0.05, 0.1) is 18.2 Å². The van der Waals surface area contributed by atoms with Gasteiger partial charge in [-0.25, -0.2) is 0 Å². The summed E-state index contributed by atoms with van der Waals surface area (Å²) in [6.45, 7) is 3.52. The number of hydrogen-bond donors (Lipinski definition) is 2. The number of ether oxygens (including phenoxy) is 1. The van der Waals surface area contributed by atoms with E-state index >= 15 is 0 Å². The zero-order chi connectivity index (χ0) is 21.6. The van der Waals surface area contributed by atoms with Gasteiger partial charge in [0.1, 0.15) is 5.75 Å². The van der Waals surface area contributed by atoms with E-state index in [4.69, 9.17) is 4.74 Å². The molecule has 1 amide bonds. The van der Waals surface area contributed by atoms with Crippen molar-refractivity contribution in [1.29, 1.82) is 0 Å². The van der Waals surface area contributed by atoms with Gasteiger partial charge in [-0.1, -0.05) is 25.0 Å². The van der Waals surface area contributed by atoms with Gasteiger partial charge in [-0.15, -0.1) is 0 Å². The van der Waals surface area contributed by atoms with Gasteiger partial charge in [0, 0.05) is 47.3 Å². The third-order valence-corrected chi connectivity index (χ3v) is 6.51. The Kier molecular flexibility index (Phi) is 7.45. The van der Waals surface area contributed by atoms with Gasteiger partial charge in [0.2, 0.25) is 5.91 Å². The molecule has 166 valence electrons. The molecule has 7 heteroatoms. The van der Waals surface area contributed by atoms with E-state index in [1.807, 2.05) is 26.2 Å². The molecule has 1 atom stereocenters.